The van der Waals surface area contributed by atoms with Gasteiger partial charge in [0, 0.05) is 18.8 Å². The maximum Gasteiger partial charge on any atom is 0.227 e. The van der Waals surface area contributed by atoms with E-state index in [2.05, 4.69) is 28.1 Å². The van der Waals surface area contributed by atoms with E-state index in [1.54, 1.807) is 6.20 Å². The van der Waals surface area contributed by atoms with Crippen molar-refractivity contribution in [1.29, 1.82) is 0 Å². The summed E-state index contributed by atoms with van der Waals surface area (Å²) in [6.07, 6.45) is 7.41. The fourth-order valence-corrected chi connectivity index (χ4v) is 2.37. The fourth-order valence-electron chi connectivity index (χ4n) is 2.37. The Morgan fingerprint density at radius 2 is 2.32 bits per heavy atom. The third kappa shape index (κ3) is 2.38. The molecule has 2 N–H and O–H groups in total. The maximum absolute atomic E-state index is 6.18. The monoisotopic (exact) mass is 258 g/mol. The van der Waals surface area contributed by atoms with Crippen molar-refractivity contribution in [3.63, 3.8) is 0 Å². The van der Waals surface area contributed by atoms with E-state index in [9.17, 15) is 0 Å². The first-order valence-corrected chi connectivity index (χ1v) is 6.69. The van der Waals surface area contributed by atoms with Crippen LogP contribution in [-0.2, 0) is 12.0 Å². The molecule has 0 aliphatic heterocycles. The Morgan fingerprint density at radius 3 is 2.95 bits per heavy atom. The minimum atomic E-state index is -0.348. The van der Waals surface area contributed by atoms with Crippen LogP contribution < -0.4 is 5.73 Å². The first-order chi connectivity index (χ1) is 9.17. The number of nitrogens with zero attached hydrogens (tertiary/aromatic N) is 3. The van der Waals surface area contributed by atoms with Crippen LogP contribution in [0.5, 0.6) is 0 Å². The molecule has 0 saturated heterocycles. The minimum absolute atomic E-state index is 0.303. The SMILES string of the molecule is CC(Cc1nc(C2(N)CCC2)no1)c1cccnc1. The summed E-state index contributed by atoms with van der Waals surface area (Å²) in [5, 5.41) is 4.03. The van der Waals surface area contributed by atoms with E-state index < -0.39 is 0 Å². The van der Waals surface area contributed by atoms with Crippen LogP contribution in [0, 0.1) is 0 Å². The summed E-state index contributed by atoms with van der Waals surface area (Å²) < 4.78 is 5.32. The van der Waals surface area contributed by atoms with Gasteiger partial charge in [-0.05, 0) is 36.8 Å². The Hall–Kier alpha value is -1.75. The molecular formula is C14H18N4O. The maximum atomic E-state index is 6.18. The summed E-state index contributed by atoms with van der Waals surface area (Å²) in [7, 11) is 0. The fraction of sp³-hybridized carbons (Fsp3) is 0.500. The van der Waals surface area contributed by atoms with Crippen LogP contribution in [0.4, 0.5) is 0 Å². The highest BCUT2D eigenvalue weighted by molar-refractivity contribution is 5.15. The van der Waals surface area contributed by atoms with E-state index in [4.69, 9.17) is 10.3 Å². The number of pyridine rings is 1. The number of hydrogen-bond acceptors (Lipinski definition) is 5. The van der Waals surface area contributed by atoms with Gasteiger partial charge < -0.3 is 10.3 Å². The van der Waals surface area contributed by atoms with Crippen LogP contribution >= 0.6 is 0 Å². The second kappa shape index (κ2) is 4.74. The zero-order valence-corrected chi connectivity index (χ0v) is 11.0. The molecule has 1 aliphatic rings. The molecule has 1 saturated carbocycles. The third-order valence-corrected chi connectivity index (χ3v) is 3.89. The first-order valence-electron chi connectivity index (χ1n) is 6.69. The van der Waals surface area contributed by atoms with Crippen molar-refractivity contribution in [3.8, 4) is 0 Å². The summed E-state index contributed by atoms with van der Waals surface area (Å²) in [4.78, 5) is 8.57. The average Bonchev–Trinajstić information content (AvgIpc) is 2.86. The highest BCUT2D eigenvalue weighted by Crippen LogP contribution is 2.37. The van der Waals surface area contributed by atoms with Crippen LogP contribution in [0.3, 0.4) is 0 Å². The summed E-state index contributed by atoms with van der Waals surface area (Å²) in [6.45, 7) is 2.13. The molecule has 1 atom stereocenters. The van der Waals surface area contributed by atoms with Crippen LogP contribution in [0.2, 0.25) is 0 Å². The van der Waals surface area contributed by atoms with E-state index >= 15 is 0 Å². The highest BCUT2D eigenvalue weighted by Gasteiger charge is 2.39. The Bertz CT molecular complexity index is 548. The molecule has 100 valence electrons. The molecule has 0 aromatic carbocycles. The smallest absolute Gasteiger partial charge is 0.227 e. The molecule has 0 bridgehead atoms. The molecule has 1 unspecified atom stereocenters. The molecule has 3 rings (SSSR count). The lowest BCUT2D eigenvalue weighted by atomic mass is 9.77. The Balaban J connectivity index is 1.70. The van der Waals surface area contributed by atoms with Gasteiger partial charge in [0.15, 0.2) is 5.82 Å². The average molecular weight is 258 g/mol. The minimum Gasteiger partial charge on any atom is -0.339 e. The van der Waals surface area contributed by atoms with Gasteiger partial charge in [0.05, 0.1) is 5.54 Å². The van der Waals surface area contributed by atoms with E-state index in [1.807, 2.05) is 12.3 Å². The predicted molar refractivity (Wildman–Crippen MR) is 70.4 cm³/mol. The van der Waals surface area contributed by atoms with Crippen LogP contribution in [0.1, 0.15) is 49.4 Å². The van der Waals surface area contributed by atoms with Gasteiger partial charge in [-0.3, -0.25) is 4.98 Å². The molecule has 19 heavy (non-hydrogen) atoms. The molecule has 0 spiro atoms. The molecule has 2 heterocycles. The van der Waals surface area contributed by atoms with Gasteiger partial charge in [-0.1, -0.05) is 18.1 Å². The van der Waals surface area contributed by atoms with Gasteiger partial charge in [-0.2, -0.15) is 4.98 Å². The zero-order valence-electron chi connectivity index (χ0n) is 11.0. The summed E-state index contributed by atoms with van der Waals surface area (Å²) in [6, 6.07) is 4.00. The predicted octanol–water partition coefficient (Wildman–Crippen LogP) is 2.15. The standard InChI is InChI=1S/C14H18N4O/c1-10(11-4-2-7-16-9-11)8-12-17-13(18-19-12)14(15)5-3-6-14/h2,4,7,9-10H,3,5-6,8,15H2,1H3. The van der Waals surface area contributed by atoms with Crippen LogP contribution in [0.25, 0.3) is 0 Å². The molecule has 2 aromatic heterocycles. The molecule has 2 aromatic rings. The molecule has 0 amide bonds. The molecule has 5 nitrogen and oxygen atoms in total. The highest BCUT2D eigenvalue weighted by atomic mass is 16.5. The van der Waals surface area contributed by atoms with E-state index in [0.717, 1.165) is 25.7 Å². The quantitative estimate of drug-likeness (QED) is 0.909. The van der Waals surface area contributed by atoms with Gasteiger partial charge in [0.1, 0.15) is 0 Å². The van der Waals surface area contributed by atoms with E-state index in [0.29, 0.717) is 17.6 Å². The molecule has 0 radical (unpaired) electrons. The normalized spacial score (nSPS) is 18.8. The van der Waals surface area contributed by atoms with Gasteiger partial charge in [0.25, 0.3) is 0 Å². The van der Waals surface area contributed by atoms with Crippen molar-refractivity contribution in [2.45, 2.75) is 44.1 Å². The molecule has 5 heteroatoms. The number of nitrogens with two attached hydrogens (primary N) is 1. The molecular weight excluding hydrogens is 240 g/mol. The molecule has 1 aliphatic carbocycles. The Labute approximate surface area is 112 Å². The lowest BCUT2D eigenvalue weighted by Crippen LogP contribution is -2.44. The first kappa shape index (κ1) is 12.3. The number of aromatic nitrogens is 3. The van der Waals surface area contributed by atoms with Crippen molar-refractivity contribution in [3.05, 3.63) is 41.8 Å². The number of rotatable bonds is 4. The lowest BCUT2D eigenvalue weighted by Gasteiger charge is -2.34. The second-order valence-corrected chi connectivity index (χ2v) is 5.41. The lowest BCUT2D eigenvalue weighted by molar-refractivity contribution is 0.229. The van der Waals surface area contributed by atoms with Gasteiger partial charge in [-0.15, -0.1) is 0 Å². The summed E-state index contributed by atoms with van der Waals surface area (Å²) in [5.74, 6) is 1.62. The van der Waals surface area contributed by atoms with Crippen molar-refractivity contribution in [1.82, 2.24) is 15.1 Å². The van der Waals surface area contributed by atoms with Gasteiger partial charge in [0.2, 0.25) is 5.89 Å². The van der Waals surface area contributed by atoms with Crippen molar-refractivity contribution in [2.24, 2.45) is 5.73 Å². The van der Waals surface area contributed by atoms with Gasteiger partial charge >= 0.3 is 0 Å². The second-order valence-electron chi connectivity index (χ2n) is 5.41. The van der Waals surface area contributed by atoms with E-state index in [-0.39, 0.29) is 5.54 Å². The van der Waals surface area contributed by atoms with Crippen LogP contribution in [-0.4, -0.2) is 15.1 Å². The molecule has 1 fully saturated rings. The van der Waals surface area contributed by atoms with Crippen LogP contribution in [0.15, 0.2) is 29.0 Å². The number of hydrogen-bond donors (Lipinski definition) is 1. The largest absolute Gasteiger partial charge is 0.339 e. The Kier molecular flexibility index (Phi) is 3.06. The Morgan fingerprint density at radius 1 is 1.47 bits per heavy atom. The summed E-state index contributed by atoms with van der Waals surface area (Å²) in [5.41, 5.74) is 7.01. The van der Waals surface area contributed by atoms with Gasteiger partial charge in [-0.25, -0.2) is 0 Å². The third-order valence-electron chi connectivity index (χ3n) is 3.89. The zero-order chi connectivity index (χ0) is 13.3. The van der Waals surface area contributed by atoms with Crippen molar-refractivity contribution in [2.75, 3.05) is 0 Å². The summed E-state index contributed by atoms with van der Waals surface area (Å²) >= 11 is 0. The van der Waals surface area contributed by atoms with E-state index in [1.165, 1.54) is 5.56 Å². The topological polar surface area (TPSA) is 77.8 Å². The van der Waals surface area contributed by atoms with Crippen molar-refractivity contribution >= 4 is 0 Å². The van der Waals surface area contributed by atoms with Crippen molar-refractivity contribution < 1.29 is 4.52 Å².